The first kappa shape index (κ1) is 11.0. The minimum absolute atomic E-state index is 0.0922. The Kier molecular flexibility index (Phi) is 2.55. The summed E-state index contributed by atoms with van der Waals surface area (Å²) < 4.78 is 23.3. The molecule has 0 aromatic carbocycles. The molecule has 1 N–H and O–H groups in total. The van der Waals surface area contributed by atoms with E-state index in [-0.39, 0.29) is 5.25 Å². The van der Waals surface area contributed by atoms with Crippen LogP contribution in [0.1, 0.15) is 44.9 Å². The summed E-state index contributed by atoms with van der Waals surface area (Å²) in [5.41, 5.74) is 0.687. The molecule has 0 aromatic rings. The van der Waals surface area contributed by atoms with E-state index in [9.17, 15) is 8.42 Å². The molecule has 1 aliphatic heterocycles. The summed E-state index contributed by atoms with van der Waals surface area (Å²) in [6.45, 7) is 0.698. The Hall–Kier alpha value is -0.0900. The lowest BCUT2D eigenvalue weighted by atomic mass is 9.54. The van der Waals surface area contributed by atoms with Gasteiger partial charge in [-0.15, -0.1) is 0 Å². The molecule has 3 rings (SSSR count). The molecule has 1 saturated heterocycles. The van der Waals surface area contributed by atoms with Gasteiger partial charge >= 0.3 is 0 Å². The summed E-state index contributed by atoms with van der Waals surface area (Å²) in [6, 6.07) is 0.607. The zero-order valence-corrected chi connectivity index (χ0v) is 10.6. The Morgan fingerprint density at radius 2 is 1.94 bits per heavy atom. The van der Waals surface area contributed by atoms with Gasteiger partial charge in [0.2, 0.25) is 0 Å². The van der Waals surface area contributed by atoms with E-state index in [4.69, 9.17) is 0 Å². The molecule has 1 unspecified atom stereocenters. The maximum atomic E-state index is 11.6. The fourth-order valence-electron chi connectivity index (χ4n) is 3.60. The number of hydrogen-bond donors (Lipinski definition) is 1. The van der Waals surface area contributed by atoms with Crippen molar-refractivity contribution in [1.29, 1.82) is 0 Å². The van der Waals surface area contributed by atoms with Gasteiger partial charge in [-0.3, -0.25) is 0 Å². The summed E-state index contributed by atoms with van der Waals surface area (Å²) in [4.78, 5) is 0. The summed E-state index contributed by atoms with van der Waals surface area (Å²) in [5.74, 6) is 0.411. The maximum Gasteiger partial charge on any atom is 0.154 e. The first-order valence-electron chi connectivity index (χ1n) is 6.55. The van der Waals surface area contributed by atoms with E-state index in [2.05, 4.69) is 5.32 Å². The standard InChI is InChI=1S/C12H21NO2S/c14-16(15)6-1-3-11(16)9-13-10-7-12(8-10)4-2-5-12/h10-11,13H,1-9H2. The highest BCUT2D eigenvalue weighted by atomic mass is 32.2. The monoisotopic (exact) mass is 243 g/mol. The molecule has 1 atom stereocenters. The van der Waals surface area contributed by atoms with Gasteiger partial charge in [-0.05, 0) is 43.9 Å². The number of sulfone groups is 1. The second kappa shape index (κ2) is 3.70. The lowest BCUT2D eigenvalue weighted by molar-refractivity contribution is -0.00180. The lowest BCUT2D eigenvalue weighted by Gasteiger charge is -2.54. The SMILES string of the molecule is O=S1(=O)CCCC1CNC1CC2(CCC2)C1. The Labute approximate surface area is 97.9 Å². The fourth-order valence-corrected chi connectivity index (χ4v) is 5.38. The van der Waals surface area contributed by atoms with Crippen molar-refractivity contribution in [3.8, 4) is 0 Å². The van der Waals surface area contributed by atoms with Crippen molar-refractivity contribution in [3.05, 3.63) is 0 Å². The number of hydrogen-bond acceptors (Lipinski definition) is 3. The maximum absolute atomic E-state index is 11.6. The van der Waals surface area contributed by atoms with E-state index < -0.39 is 9.84 Å². The molecule has 3 fully saturated rings. The lowest BCUT2D eigenvalue weighted by Crippen LogP contribution is -2.53. The van der Waals surface area contributed by atoms with Crippen molar-refractivity contribution in [2.75, 3.05) is 12.3 Å². The molecule has 92 valence electrons. The van der Waals surface area contributed by atoms with Crippen LogP contribution in [0.3, 0.4) is 0 Å². The third-order valence-electron chi connectivity index (χ3n) is 4.87. The predicted octanol–water partition coefficient (Wildman–Crippen LogP) is 1.49. The van der Waals surface area contributed by atoms with Crippen molar-refractivity contribution in [2.24, 2.45) is 5.41 Å². The third-order valence-corrected chi connectivity index (χ3v) is 7.15. The number of nitrogens with one attached hydrogen (secondary N) is 1. The van der Waals surface area contributed by atoms with E-state index in [1.54, 1.807) is 0 Å². The van der Waals surface area contributed by atoms with E-state index in [1.165, 1.54) is 32.1 Å². The van der Waals surface area contributed by atoms with Crippen LogP contribution in [0.25, 0.3) is 0 Å². The van der Waals surface area contributed by atoms with Gasteiger partial charge in [0.25, 0.3) is 0 Å². The molecule has 2 aliphatic carbocycles. The molecular formula is C12H21NO2S. The molecule has 3 aliphatic rings. The topological polar surface area (TPSA) is 46.2 Å². The smallest absolute Gasteiger partial charge is 0.154 e. The van der Waals surface area contributed by atoms with Crippen molar-refractivity contribution >= 4 is 9.84 Å². The van der Waals surface area contributed by atoms with Crippen LogP contribution < -0.4 is 5.32 Å². The molecule has 4 heteroatoms. The van der Waals surface area contributed by atoms with E-state index >= 15 is 0 Å². The summed E-state index contributed by atoms with van der Waals surface area (Å²) in [5, 5.41) is 3.37. The first-order valence-corrected chi connectivity index (χ1v) is 8.26. The average Bonchev–Trinajstić information content (AvgIpc) is 2.40. The summed E-state index contributed by atoms with van der Waals surface area (Å²) >= 11 is 0. The second-order valence-corrected chi connectivity index (χ2v) is 8.40. The van der Waals surface area contributed by atoms with Gasteiger partial charge in [0, 0.05) is 12.6 Å². The van der Waals surface area contributed by atoms with Gasteiger partial charge in [-0.25, -0.2) is 8.42 Å². The van der Waals surface area contributed by atoms with Crippen LogP contribution in [0.2, 0.25) is 0 Å². The molecule has 0 amide bonds. The third kappa shape index (κ3) is 1.80. The fraction of sp³-hybridized carbons (Fsp3) is 1.00. The van der Waals surface area contributed by atoms with Crippen LogP contribution >= 0.6 is 0 Å². The van der Waals surface area contributed by atoms with Gasteiger partial charge in [0.15, 0.2) is 9.84 Å². The quantitative estimate of drug-likeness (QED) is 0.817. The Morgan fingerprint density at radius 3 is 2.44 bits per heavy atom. The van der Waals surface area contributed by atoms with Crippen LogP contribution in [0.5, 0.6) is 0 Å². The van der Waals surface area contributed by atoms with Crippen LogP contribution in [0.15, 0.2) is 0 Å². The Bertz CT molecular complexity index is 364. The molecule has 1 spiro atoms. The highest BCUT2D eigenvalue weighted by molar-refractivity contribution is 7.92. The van der Waals surface area contributed by atoms with Crippen LogP contribution in [-0.4, -0.2) is 32.0 Å². The van der Waals surface area contributed by atoms with Crippen LogP contribution in [0, 0.1) is 5.41 Å². The summed E-state index contributed by atoms with van der Waals surface area (Å²) in [7, 11) is -2.75. The second-order valence-electron chi connectivity index (χ2n) is 6.00. The zero-order valence-electron chi connectivity index (χ0n) is 9.74. The molecule has 3 nitrogen and oxygen atoms in total. The molecule has 0 radical (unpaired) electrons. The average molecular weight is 243 g/mol. The first-order chi connectivity index (χ1) is 7.60. The van der Waals surface area contributed by atoms with E-state index in [1.807, 2.05) is 0 Å². The van der Waals surface area contributed by atoms with Gasteiger partial charge < -0.3 is 5.32 Å². The van der Waals surface area contributed by atoms with Crippen molar-refractivity contribution in [2.45, 2.75) is 56.2 Å². The molecule has 0 bridgehead atoms. The largest absolute Gasteiger partial charge is 0.313 e. The molecule has 2 saturated carbocycles. The minimum atomic E-state index is -2.75. The van der Waals surface area contributed by atoms with Crippen LogP contribution in [-0.2, 0) is 9.84 Å². The van der Waals surface area contributed by atoms with Gasteiger partial charge in [0.05, 0.1) is 11.0 Å². The minimum Gasteiger partial charge on any atom is -0.313 e. The van der Waals surface area contributed by atoms with E-state index in [0.717, 1.165) is 12.8 Å². The molecule has 1 heterocycles. The van der Waals surface area contributed by atoms with Crippen molar-refractivity contribution in [1.82, 2.24) is 5.32 Å². The van der Waals surface area contributed by atoms with Gasteiger partial charge in [-0.2, -0.15) is 0 Å². The van der Waals surface area contributed by atoms with E-state index in [0.29, 0.717) is 23.8 Å². The van der Waals surface area contributed by atoms with Gasteiger partial charge in [-0.1, -0.05) is 6.42 Å². The normalized spacial score (nSPS) is 35.9. The molecular weight excluding hydrogens is 222 g/mol. The highest BCUT2D eigenvalue weighted by Gasteiger charge is 2.48. The van der Waals surface area contributed by atoms with Crippen LogP contribution in [0.4, 0.5) is 0 Å². The molecule has 16 heavy (non-hydrogen) atoms. The molecule has 0 aromatic heterocycles. The Balaban J connectivity index is 1.44. The zero-order chi connectivity index (χ0) is 11.2. The number of rotatable bonds is 3. The predicted molar refractivity (Wildman–Crippen MR) is 64.1 cm³/mol. The highest BCUT2D eigenvalue weighted by Crippen LogP contribution is 2.55. The Morgan fingerprint density at radius 1 is 1.19 bits per heavy atom. The van der Waals surface area contributed by atoms with Crippen molar-refractivity contribution in [3.63, 3.8) is 0 Å². The summed E-state index contributed by atoms with van der Waals surface area (Å²) in [6.07, 6.45) is 8.54. The van der Waals surface area contributed by atoms with Gasteiger partial charge in [0.1, 0.15) is 0 Å². The van der Waals surface area contributed by atoms with Crippen molar-refractivity contribution < 1.29 is 8.42 Å².